The predicted molar refractivity (Wildman–Crippen MR) is 49.4 cm³/mol. The van der Waals surface area contributed by atoms with E-state index >= 15 is 0 Å². The normalized spacial score (nSPS) is 23.3. The van der Waals surface area contributed by atoms with Gasteiger partial charge in [-0.15, -0.1) is 0 Å². The first-order chi connectivity index (χ1) is 6.70. The molecule has 1 unspecified atom stereocenters. The zero-order chi connectivity index (χ0) is 10.4. The van der Waals surface area contributed by atoms with E-state index in [-0.39, 0.29) is 12.7 Å². The molecule has 14 heavy (non-hydrogen) atoms. The van der Waals surface area contributed by atoms with E-state index in [1.54, 1.807) is 6.92 Å². The lowest BCUT2D eigenvalue weighted by Gasteiger charge is -2.23. The highest BCUT2D eigenvalue weighted by atomic mass is 31.2. The molecule has 0 heterocycles. The van der Waals surface area contributed by atoms with Gasteiger partial charge in [0.1, 0.15) is 0 Å². The third kappa shape index (κ3) is 3.65. The molecule has 0 radical (unpaired) electrons. The summed E-state index contributed by atoms with van der Waals surface area (Å²) in [5.41, 5.74) is 0. The van der Waals surface area contributed by atoms with Crippen LogP contribution in [0.2, 0.25) is 0 Å². The summed E-state index contributed by atoms with van der Waals surface area (Å²) >= 11 is 0. The lowest BCUT2D eigenvalue weighted by atomic mass is 9.98. The molecular weight excluding hydrogens is 210 g/mol. The first-order valence-electron chi connectivity index (χ1n) is 4.93. The topological polar surface area (TPSA) is 44.8 Å². The van der Waals surface area contributed by atoms with E-state index < -0.39 is 7.82 Å². The fourth-order valence-electron chi connectivity index (χ4n) is 1.58. The Bertz CT molecular complexity index is 206. The van der Waals surface area contributed by atoms with Gasteiger partial charge in [0.25, 0.3) is 0 Å². The molecule has 0 aromatic heterocycles. The molecule has 1 rings (SSSR count). The standard InChI is InChI=1S/C8H16FO4P/c1-2-11-14(10,13-9)12-8-6-4-3-5-7-8/h8H,2-7H2,1H3. The van der Waals surface area contributed by atoms with Crippen molar-refractivity contribution in [2.24, 2.45) is 0 Å². The van der Waals surface area contributed by atoms with E-state index in [4.69, 9.17) is 4.52 Å². The summed E-state index contributed by atoms with van der Waals surface area (Å²) in [7, 11) is -3.94. The predicted octanol–water partition coefficient (Wildman–Crippen LogP) is 3.38. The van der Waals surface area contributed by atoms with Gasteiger partial charge >= 0.3 is 7.82 Å². The largest absolute Gasteiger partial charge is 0.506 e. The molecule has 4 nitrogen and oxygen atoms in total. The Hall–Kier alpha value is 0.0400. The molecule has 0 amide bonds. The van der Waals surface area contributed by atoms with Crippen molar-refractivity contribution in [1.82, 2.24) is 0 Å². The number of hydrogen-bond donors (Lipinski definition) is 0. The van der Waals surface area contributed by atoms with Crippen LogP contribution in [0.3, 0.4) is 0 Å². The van der Waals surface area contributed by atoms with Crippen molar-refractivity contribution in [1.29, 1.82) is 0 Å². The molecular formula is C8H16FO4P. The van der Waals surface area contributed by atoms with Crippen LogP contribution in [0.5, 0.6) is 0 Å². The molecule has 6 heteroatoms. The van der Waals surface area contributed by atoms with E-state index in [1.165, 1.54) is 0 Å². The van der Waals surface area contributed by atoms with Crippen molar-refractivity contribution in [2.45, 2.75) is 45.1 Å². The van der Waals surface area contributed by atoms with E-state index in [2.05, 4.69) is 9.25 Å². The van der Waals surface area contributed by atoms with Gasteiger partial charge in [0, 0.05) is 0 Å². The van der Waals surface area contributed by atoms with Crippen molar-refractivity contribution in [2.75, 3.05) is 6.61 Å². The number of phosphoric acid groups is 1. The fourth-order valence-corrected chi connectivity index (χ4v) is 2.60. The average Bonchev–Trinajstić information content (AvgIpc) is 2.20. The minimum absolute atomic E-state index is 0.105. The molecule has 0 saturated heterocycles. The van der Waals surface area contributed by atoms with Crippen LogP contribution in [-0.2, 0) is 18.3 Å². The van der Waals surface area contributed by atoms with Crippen molar-refractivity contribution in [3.05, 3.63) is 0 Å². The first kappa shape index (κ1) is 12.1. The summed E-state index contributed by atoms with van der Waals surface area (Å²) in [5, 5.41) is 0. The van der Waals surface area contributed by atoms with Crippen molar-refractivity contribution in [3.8, 4) is 0 Å². The van der Waals surface area contributed by atoms with Gasteiger partial charge in [-0.25, -0.2) is 4.57 Å². The Morgan fingerprint density at radius 1 is 1.36 bits per heavy atom. The van der Waals surface area contributed by atoms with Gasteiger partial charge in [-0.2, -0.15) is 0 Å². The zero-order valence-electron chi connectivity index (χ0n) is 8.28. The lowest BCUT2D eigenvalue weighted by Crippen LogP contribution is -2.16. The highest BCUT2D eigenvalue weighted by Crippen LogP contribution is 2.52. The molecule has 0 N–H and O–H groups in total. The quantitative estimate of drug-likeness (QED) is 0.674. The molecule has 1 aliphatic rings. The summed E-state index contributed by atoms with van der Waals surface area (Å²) in [6, 6.07) is 0. The SMILES string of the molecule is CCOP(=O)(OF)OC1CCCCC1. The van der Waals surface area contributed by atoms with Crippen LogP contribution in [0.25, 0.3) is 0 Å². The van der Waals surface area contributed by atoms with Crippen molar-refractivity contribution < 1.29 is 22.9 Å². The molecule has 1 atom stereocenters. The smallest absolute Gasteiger partial charge is 0.285 e. The first-order valence-corrected chi connectivity index (χ1v) is 6.39. The number of halogens is 1. The van der Waals surface area contributed by atoms with Crippen LogP contribution in [-0.4, -0.2) is 12.7 Å². The molecule has 0 aromatic carbocycles. The minimum atomic E-state index is -3.94. The van der Waals surface area contributed by atoms with E-state index in [0.717, 1.165) is 32.1 Å². The third-order valence-electron chi connectivity index (χ3n) is 2.20. The van der Waals surface area contributed by atoms with Crippen LogP contribution in [0.4, 0.5) is 4.53 Å². The van der Waals surface area contributed by atoms with Gasteiger partial charge in [0.05, 0.1) is 12.7 Å². The molecule has 1 aliphatic carbocycles. The monoisotopic (exact) mass is 226 g/mol. The van der Waals surface area contributed by atoms with Crippen molar-refractivity contribution >= 4 is 7.82 Å². The highest BCUT2D eigenvalue weighted by molar-refractivity contribution is 7.48. The molecule has 84 valence electrons. The van der Waals surface area contributed by atoms with Crippen molar-refractivity contribution in [3.63, 3.8) is 0 Å². The Morgan fingerprint density at radius 2 is 2.00 bits per heavy atom. The summed E-state index contributed by atoms with van der Waals surface area (Å²) in [4.78, 5) is 0. The van der Waals surface area contributed by atoms with Gasteiger partial charge in [0.2, 0.25) is 0 Å². The summed E-state index contributed by atoms with van der Waals surface area (Å²) in [5.74, 6) is 0. The van der Waals surface area contributed by atoms with Gasteiger partial charge in [0.15, 0.2) is 0 Å². The van der Waals surface area contributed by atoms with Gasteiger partial charge in [-0.1, -0.05) is 24.0 Å². The molecule has 1 fully saturated rings. The summed E-state index contributed by atoms with van der Waals surface area (Å²) in [6.07, 6.45) is 4.57. The second-order valence-electron chi connectivity index (χ2n) is 3.30. The minimum Gasteiger partial charge on any atom is -0.285 e. The number of hydrogen-bond acceptors (Lipinski definition) is 4. The summed E-state index contributed by atoms with van der Waals surface area (Å²) in [6.45, 7) is 1.71. The van der Waals surface area contributed by atoms with E-state index in [0.29, 0.717) is 0 Å². The molecule has 1 saturated carbocycles. The molecule has 0 bridgehead atoms. The zero-order valence-corrected chi connectivity index (χ0v) is 9.17. The third-order valence-corrected chi connectivity index (χ3v) is 3.50. The molecule has 0 aliphatic heterocycles. The second-order valence-corrected chi connectivity index (χ2v) is 4.80. The van der Waals surface area contributed by atoms with Crippen LogP contribution >= 0.6 is 7.82 Å². The van der Waals surface area contributed by atoms with E-state index in [9.17, 15) is 9.09 Å². The maximum absolute atomic E-state index is 12.0. The van der Waals surface area contributed by atoms with Gasteiger partial charge in [-0.3, -0.25) is 9.05 Å². The van der Waals surface area contributed by atoms with Gasteiger partial charge < -0.3 is 0 Å². The van der Waals surface area contributed by atoms with E-state index in [1.807, 2.05) is 0 Å². The average molecular weight is 226 g/mol. The molecule has 0 spiro atoms. The van der Waals surface area contributed by atoms with Crippen LogP contribution in [0.15, 0.2) is 0 Å². The Balaban J connectivity index is 2.41. The Labute approximate surface area is 83.2 Å². The number of phosphoric ester groups is 1. The highest BCUT2D eigenvalue weighted by Gasteiger charge is 2.32. The maximum atomic E-state index is 12.0. The Morgan fingerprint density at radius 3 is 2.50 bits per heavy atom. The molecule has 0 aromatic rings. The lowest BCUT2D eigenvalue weighted by molar-refractivity contribution is -0.0671. The second kappa shape index (κ2) is 5.81. The van der Waals surface area contributed by atoms with Crippen LogP contribution in [0.1, 0.15) is 39.0 Å². The number of rotatable bonds is 5. The van der Waals surface area contributed by atoms with Crippen LogP contribution in [0, 0.1) is 0 Å². The van der Waals surface area contributed by atoms with Gasteiger partial charge in [-0.05, 0) is 24.3 Å². The fraction of sp³-hybridized carbons (Fsp3) is 1.00. The Kier molecular flexibility index (Phi) is 5.02. The van der Waals surface area contributed by atoms with Crippen LogP contribution < -0.4 is 0 Å². The maximum Gasteiger partial charge on any atom is 0.506 e. The summed E-state index contributed by atoms with van der Waals surface area (Å²) < 4.78 is 36.3.